The van der Waals surface area contributed by atoms with Gasteiger partial charge in [0, 0.05) is 21.7 Å². The van der Waals surface area contributed by atoms with Crippen LogP contribution in [0.25, 0.3) is 0 Å². The van der Waals surface area contributed by atoms with Crippen LogP contribution in [0.1, 0.15) is 11.1 Å². The summed E-state index contributed by atoms with van der Waals surface area (Å²) in [4.78, 5) is 0. The van der Waals surface area contributed by atoms with Crippen LogP contribution in [-0.2, 0) is 11.5 Å². The van der Waals surface area contributed by atoms with Gasteiger partial charge in [-0.2, -0.15) is 11.8 Å². The fourth-order valence-corrected chi connectivity index (χ4v) is 3.14. The molecule has 17 heavy (non-hydrogen) atoms. The van der Waals surface area contributed by atoms with Gasteiger partial charge in [0.25, 0.3) is 0 Å². The summed E-state index contributed by atoms with van der Waals surface area (Å²) in [5.41, 5.74) is 9.27. The number of halogens is 1. The summed E-state index contributed by atoms with van der Waals surface area (Å²) >= 11 is 5.43. The van der Waals surface area contributed by atoms with Gasteiger partial charge in [-0.15, -0.1) is 0 Å². The number of benzene rings is 2. The zero-order chi connectivity index (χ0) is 12.1. The van der Waals surface area contributed by atoms with Crippen LogP contribution in [0.2, 0.25) is 0 Å². The highest BCUT2D eigenvalue weighted by atomic mass is 79.9. The molecule has 0 amide bonds. The lowest BCUT2D eigenvalue weighted by Gasteiger charge is -2.06. The number of anilines is 1. The van der Waals surface area contributed by atoms with Crippen LogP contribution in [0.3, 0.4) is 0 Å². The SMILES string of the molecule is Nc1cccc(CSCc2ccccc2)c1Br. The van der Waals surface area contributed by atoms with E-state index in [2.05, 4.69) is 46.3 Å². The third-order valence-electron chi connectivity index (χ3n) is 2.48. The molecule has 0 saturated carbocycles. The molecule has 0 fully saturated rings. The fourth-order valence-electron chi connectivity index (χ4n) is 1.56. The third kappa shape index (κ3) is 3.51. The van der Waals surface area contributed by atoms with Gasteiger partial charge < -0.3 is 5.73 Å². The summed E-state index contributed by atoms with van der Waals surface area (Å²) in [5, 5.41) is 0. The second kappa shape index (κ2) is 6.12. The van der Waals surface area contributed by atoms with Crippen LogP contribution in [0.15, 0.2) is 53.0 Å². The molecule has 0 aliphatic heterocycles. The Morgan fingerprint density at radius 2 is 1.71 bits per heavy atom. The minimum atomic E-state index is 0.808. The van der Waals surface area contributed by atoms with E-state index in [0.29, 0.717) is 0 Å². The molecule has 2 rings (SSSR count). The number of nitrogens with two attached hydrogens (primary N) is 1. The summed E-state index contributed by atoms with van der Waals surface area (Å²) in [6, 6.07) is 16.5. The van der Waals surface area contributed by atoms with Gasteiger partial charge in [0.05, 0.1) is 0 Å². The Hall–Kier alpha value is -0.930. The van der Waals surface area contributed by atoms with Gasteiger partial charge in [0.15, 0.2) is 0 Å². The monoisotopic (exact) mass is 307 g/mol. The minimum Gasteiger partial charge on any atom is -0.398 e. The molecule has 88 valence electrons. The highest BCUT2D eigenvalue weighted by Crippen LogP contribution is 2.28. The molecule has 1 nitrogen and oxygen atoms in total. The smallest absolute Gasteiger partial charge is 0.0461 e. The topological polar surface area (TPSA) is 26.0 Å². The molecule has 0 aliphatic carbocycles. The molecule has 2 N–H and O–H groups in total. The van der Waals surface area contributed by atoms with E-state index in [4.69, 9.17) is 5.73 Å². The van der Waals surface area contributed by atoms with E-state index >= 15 is 0 Å². The zero-order valence-corrected chi connectivity index (χ0v) is 11.8. The Labute approximate surface area is 115 Å². The molecule has 0 atom stereocenters. The van der Waals surface area contributed by atoms with Gasteiger partial charge >= 0.3 is 0 Å². The van der Waals surface area contributed by atoms with Crippen molar-refractivity contribution in [3.8, 4) is 0 Å². The second-order valence-corrected chi connectivity index (χ2v) is 5.58. The number of hydrogen-bond acceptors (Lipinski definition) is 2. The first-order valence-electron chi connectivity index (χ1n) is 5.42. The van der Waals surface area contributed by atoms with Crippen molar-refractivity contribution < 1.29 is 0 Å². The first-order valence-corrected chi connectivity index (χ1v) is 7.36. The predicted octanol–water partition coefficient (Wildman–Crippen LogP) is 4.46. The summed E-state index contributed by atoms with van der Waals surface area (Å²) < 4.78 is 1.03. The molecule has 0 saturated heterocycles. The van der Waals surface area contributed by atoms with E-state index in [1.54, 1.807) is 0 Å². The predicted molar refractivity (Wildman–Crippen MR) is 80.0 cm³/mol. The highest BCUT2D eigenvalue weighted by molar-refractivity contribution is 9.10. The largest absolute Gasteiger partial charge is 0.398 e. The van der Waals surface area contributed by atoms with Crippen LogP contribution in [0, 0.1) is 0 Å². The van der Waals surface area contributed by atoms with Crippen molar-refractivity contribution in [2.75, 3.05) is 5.73 Å². The first kappa shape index (κ1) is 12.5. The number of nitrogen functional groups attached to an aromatic ring is 1. The van der Waals surface area contributed by atoms with Crippen molar-refractivity contribution >= 4 is 33.4 Å². The van der Waals surface area contributed by atoms with Gasteiger partial charge in [-0.1, -0.05) is 42.5 Å². The van der Waals surface area contributed by atoms with Crippen LogP contribution in [-0.4, -0.2) is 0 Å². The van der Waals surface area contributed by atoms with Crippen LogP contribution < -0.4 is 5.73 Å². The van der Waals surface area contributed by atoms with E-state index in [1.807, 2.05) is 30.0 Å². The number of rotatable bonds is 4. The number of hydrogen-bond donors (Lipinski definition) is 1. The molecule has 0 aromatic heterocycles. The molecule has 0 radical (unpaired) electrons. The standard InChI is InChI=1S/C14H14BrNS/c15-14-12(7-4-8-13(14)16)10-17-9-11-5-2-1-3-6-11/h1-8H,9-10,16H2. The minimum absolute atomic E-state index is 0.808. The van der Waals surface area contributed by atoms with Crippen LogP contribution >= 0.6 is 27.7 Å². The van der Waals surface area contributed by atoms with E-state index in [9.17, 15) is 0 Å². The van der Waals surface area contributed by atoms with Gasteiger partial charge in [-0.3, -0.25) is 0 Å². The third-order valence-corrected chi connectivity index (χ3v) is 4.50. The van der Waals surface area contributed by atoms with Crippen LogP contribution in [0.5, 0.6) is 0 Å². The van der Waals surface area contributed by atoms with Gasteiger partial charge in [0.2, 0.25) is 0 Å². The van der Waals surface area contributed by atoms with Crippen LogP contribution in [0.4, 0.5) is 5.69 Å². The molecule has 3 heteroatoms. The second-order valence-electron chi connectivity index (χ2n) is 3.80. The lowest BCUT2D eigenvalue weighted by atomic mass is 10.2. The Bertz CT molecular complexity index is 485. The quantitative estimate of drug-likeness (QED) is 0.844. The summed E-state index contributed by atoms with van der Waals surface area (Å²) in [6.45, 7) is 0. The van der Waals surface area contributed by atoms with Crippen molar-refractivity contribution in [3.63, 3.8) is 0 Å². The van der Waals surface area contributed by atoms with Crippen molar-refractivity contribution in [1.82, 2.24) is 0 Å². The molecular formula is C14H14BrNS. The molecule has 0 heterocycles. The van der Waals surface area contributed by atoms with E-state index < -0.39 is 0 Å². The normalized spacial score (nSPS) is 10.4. The maximum Gasteiger partial charge on any atom is 0.0461 e. The first-order chi connectivity index (χ1) is 8.27. The Balaban J connectivity index is 1.93. The maximum atomic E-state index is 5.85. The average Bonchev–Trinajstić information content (AvgIpc) is 2.36. The molecule has 2 aromatic carbocycles. The molecule has 0 bridgehead atoms. The molecule has 0 unspecified atom stereocenters. The zero-order valence-electron chi connectivity index (χ0n) is 9.40. The molecule has 0 aliphatic rings. The highest BCUT2D eigenvalue weighted by Gasteiger charge is 2.02. The number of thioether (sulfide) groups is 1. The summed E-state index contributed by atoms with van der Waals surface area (Å²) in [5.74, 6) is 2.00. The summed E-state index contributed by atoms with van der Waals surface area (Å²) in [7, 11) is 0. The van der Waals surface area contributed by atoms with Crippen molar-refractivity contribution in [2.45, 2.75) is 11.5 Å². The maximum absolute atomic E-state index is 5.85. The van der Waals surface area contributed by atoms with Crippen molar-refractivity contribution in [3.05, 3.63) is 64.1 Å². The van der Waals surface area contributed by atoms with Gasteiger partial charge in [0.1, 0.15) is 0 Å². The van der Waals surface area contributed by atoms with Crippen molar-refractivity contribution in [1.29, 1.82) is 0 Å². The van der Waals surface area contributed by atoms with E-state index in [0.717, 1.165) is 21.7 Å². The lowest BCUT2D eigenvalue weighted by Crippen LogP contribution is -1.91. The summed E-state index contributed by atoms with van der Waals surface area (Å²) in [6.07, 6.45) is 0. The lowest BCUT2D eigenvalue weighted by molar-refractivity contribution is 1.35. The van der Waals surface area contributed by atoms with Crippen molar-refractivity contribution in [2.24, 2.45) is 0 Å². The molecular weight excluding hydrogens is 294 g/mol. The molecule has 2 aromatic rings. The van der Waals surface area contributed by atoms with Gasteiger partial charge in [-0.25, -0.2) is 0 Å². The average molecular weight is 308 g/mol. The Morgan fingerprint density at radius 1 is 0.941 bits per heavy atom. The molecule has 0 spiro atoms. The fraction of sp³-hybridized carbons (Fsp3) is 0.143. The van der Waals surface area contributed by atoms with E-state index in [-0.39, 0.29) is 0 Å². The van der Waals surface area contributed by atoms with Gasteiger partial charge in [-0.05, 0) is 33.1 Å². The Morgan fingerprint density at radius 3 is 2.47 bits per heavy atom. The van der Waals surface area contributed by atoms with E-state index in [1.165, 1.54) is 11.1 Å². The Kier molecular flexibility index (Phi) is 4.51.